The number of hydrogen-bond acceptors (Lipinski definition) is 4. The molecule has 166 valence electrons. The largest absolute Gasteiger partial charge is 0.481 e. The molecule has 3 atom stereocenters. The van der Waals surface area contributed by atoms with Gasteiger partial charge in [0.05, 0.1) is 18.8 Å². The third-order valence-corrected chi connectivity index (χ3v) is 5.63. The molecular formula is C24H35NO5. The summed E-state index contributed by atoms with van der Waals surface area (Å²) in [5.41, 5.74) is 2.13. The Morgan fingerprint density at radius 3 is 2.83 bits per heavy atom. The topological polar surface area (TPSA) is 87.1 Å². The average Bonchev–Trinajstić information content (AvgIpc) is 3.04. The highest BCUT2D eigenvalue weighted by Crippen LogP contribution is 2.23. The quantitative estimate of drug-likeness (QED) is 0.479. The predicted octanol–water partition coefficient (Wildman–Crippen LogP) is 3.56. The number of methoxy groups -OCH3 is 1. The number of ether oxygens (including phenoxy) is 1. The van der Waals surface area contributed by atoms with Crippen LogP contribution in [0.3, 0.4) is 0 Å². The van der Waals surface area contributed by atoms with E-state index in [-0.39, 0.29) is 18.4 Å². The molecule has 0 aliphatic carbocycles. The molecule has 0 aromatic heterocycles. The average molecular weight is 418 g/mol. The molecule has 1 amide bonds. The van der Waals surface area contributed by atoms with Crippen LogP contribution in [0.25, 0.3) is 0 Å². The number of carbonyl (C=O) groups excluding carboxylic acids is 1. The van der Waals surface area contributed by atoms with Gasteiger partial charge in [-0.1, -0.05) is 49.8 Å². The van der Waals surface area contributed by atoms with Crippen LogP contribution in [0.2, 0.25) is 0 Å². The van der Waals surface area contributed by atoms with Crippen molar-refractivity contribution in [3.63, 3.8) is 0 Å². The Kier molecular flexibility index (Phi) is 10.0. The van der Waals surface area contributed by atoms with E-state index < -0.39 is 12.1 Å². The van der Waals surface area contributed by atoms with Crippen molar-refractivity contribution in [2.24, 2.45) is 5.92 Å². The van der Waals surface area contributed by atoms with Crippen LogP contribution in [0.4, 0.5) is 0 Å². The summed E-state index contributed by atoms with van der Waals surface area (Å²) in [6.45, 7) is 3.33. The van der Waals surface area contributed by atoms with Crippen LogP contribution in [0.1, 0.15) is 56.6 Å². The van der Waals surface area contributed by atoms with Gasteiger partial charge in [0.25, 0.3) is 0 Å². The van der Waals surface area contributed by atoms with Crippen LogP contribution < -0.4 is 0 Å². The Hall–Kier alpha value is -2.18. The molecule has 1 aromatic rings. The zero-order valence-electron chi connectivity index (χ0n) is 18.1. The van der Waals surface area contributed by atoms with Gasteiger partial charge in [-0.2, -0.15) is 0 Å². The van der Waals surface area contributed by atoms with Gasteiger partial charge in [0.15, 0.2) is 0 Å². The molecular weight excluding hydrogens is 382 g/mol. The van der Waals surface area contributed by atoms with Crippen molar-refractivity contribution in [1.29, 1.82) is 0 Å². The Morgan fingerprint density at radius 2 is 2.10 bits per heavy atom. The second kappa shape index (κ2) is 12.5. The number of hydrogen-bond donors (Lipinski definition) is 2. The number of carboxylic acids is 1. The van der Waals surface area contributed by atoms with Crippen LogP contribution in [0, 0.1) is 5.92 Å². The van der Waals surface area contributed by atoms with Gasteiger partial charge in [0, 0.05) is 32.9 Å². The lowest BCUT2D eigenvalue weighted by Gasteiger charge is -2.24. The van der Waals surface area contributed by atoms with E-state index >= 15 is 0 Å². The highest BCUT2D eigenvalue weighted by atomic mass is 16.5. The van der Waals surface area contributed by atoms with Crippen LogP contribution in [-0.4, -0.2) is 52.8 Å². The number of aliphatic hydroxyl groups excluding tert-OH is 1. The van der Waals surface area contributed by atoms with Crippen molar-refractivity contribution in [2.75, 3.05) is 13.7 Å². The number of carboxylic acid groups (broad SMARTS) is 1. The summed E-state index contributed by atoms with van der Waals surface area (Å²) in [5, 5.41) is 19.2. The number of carbonyl (C=O) groups is 2. The highest BCUT2D eigenvalue weighted by molar-refractivity contribution is 5.79. The van der Waals surface area contributed by atoms with E-state index in [0.717, 1.165) is 30.4 Å². The zero-order chi connectivity index (χ0) is 21.9. The summed E-state index contributed by atoms with van der Waals surface area (Å²) in [6.07, 6.45) is 7.59. The molecule has 0 radical (unpaired) electrons. The molecule has 2 N–H and O–H groups in total. The molecule has 0 saturated carbocycles. The molecule has 2 rings (SSSR count). The zero-order valence-corrected chi connectivity index (χ0v) is 18.1. The molecule has 1 aliphatic rings. The normalized spacial score (nSPS) is 18.8. The van der Waals surface area contributed by atoms with E-state index in [4.69, 9.17) is 9.84 Å². The molecule has 1 fully saturated rings. The monoisotopic (exact) mass is 417 g/mol. The third kappa shape index (κ3) is 8.28. The lowest BCUT2D eigenvalue weighted by molar-refractivity contribution is -0.137. The Bertz CT molecular complexity index is 717. The number of amides is 1. The number of nitrogens with zero attached hydrogens (tertiary/aromatic N) is 1. The Balaban J connectivity index is 1.83. The molecule has 1 aliphatic heterocycles. The fraction of sp³-hybridized carbons (Fsp3) is 0.583. The maximum Gasteiger partial charge on any atom is 0.303 e. The van der Waals surface area contributed by atoms with Gasteiger partial charge < -0.3 is 19.8 Å². The Morgan fingerprint density at radius 1 is 1.33 bits per heavy atom. The van der Waals surface area contributed by atoms with Gasteiger partial charge in [-0.3, -0.25) is 9.59 Å². The first-order valence-electron chi connectivity index (χ1n) is 10.8. The number of aliphatic carboxylic acids is 1. The van der Waals surface area contributed by atoms with Crippen LogP contribution in [0.15, 0.2) is 36.4 Å². The number of benzene rings is 1. The van der Waals surface area contributed by atoms with Gasteiger partial charge in [-0.15, -0.1) is 0 Å². The lowest BCUT2D eigenvalue weighted by atomic mass is 10.00. The summed E-state index contributed by atoms with van der Waals surface area (Å²) in [5.74, 6) is -0.220. The second-order valence-electron chi connectivity index (χ2n) is 8.28. The van der Waals surface area contributed by atoms with E-state index in [1.54, 1.807) is 13.2 Å². The molecule has 1 heterocycles. The molecule has 0 spiro atoms. The molecule has 6 nitrogen and oxygen atoms in total. The maximum atomic E-state index is 12.3. The molecule has 1 saturated heterocycles. The minimum absolute atomic E-state index is 0.0261. The summed E-state index contributed by atoms with van der Waals surface area (Å²) in [4.78, 5) is 24.8. The fourth-order valence-corrected chi connectivity index (χ4v) is 3.93. The van der Waals surface area contributed by atoms with Crippen LogP contribution in [0.5, 0.6) is 0 Å². The molecule has 1 aromatic carbocycles. The van der Waals surface area contributed by atoms with Gasteiger partial charge in [-0.05, 0) is 36.3 Å². The first kappa shape index (κ1) is 24.1. The first-order valence-corrected chi connectivity index (χ1v) is 10.8. The van der Waals surface area contributed by atoms with E-state index in [2.05, 4.69) is 6.92 Å². The fourth-order valence-electron chi connectivity index (χ4n) is 3.93. The summed E-state index contributed by atoms with van der Waals surface area (Å²) in [6, 6.07) is 8.03. The Labute approximate surface area is 179 Å². The van der Waals surface area contributed by atoms with Crippen molar-refractivity contribution in [1.82, 2.24) is 4.90 Å². The van der Waals surface area contributed by atoms with Gasteiger partial charge in [0.1, 0.15) is 0 Å². The van der Waals surface area contributed by atoms with Crippen LogP contribution in [-0.2, 0) is 27.4 Å². The molecule has 30 heavy (non-hydrogen) atoms. The lowest BCUT2D eigenvalue weighted by Crippen LogP contribution is -2.33. The van der Waals surface area contributed by atoms with Crippen molar-refractivity contribution in [3.8, 4) is 0 Å². The first-order chi connectivity index (χ1) is 14.4. The number of likely N-dealkylation sites (tertiary alicyclic amines) is 1. The molecule has 0 bridgehead atoms. The van der Waals surface area contributed by atoms with E-state index in [0.29, 0.717) is 38.3 Å². The van der Waals surface area contributed by atoms with E-state index in [9.17, 15) is 14.7 Å². The van der Waals surface area contributed by atoms with E-state index in [1.165, 1.54) is 0 Å². The summed E-state index contributed by atoms with van der Waals surface area (Å²) >= 11 is 0. The van der Waals surface area contributed by atoms with Crippen molar-refractivity contribution in [3.05, 3.63) is 47.5 Å². The standard InChI is InChI=1S/C24H35NO5/c1-18(5-3-8-24(28)29)13-14-25-21(10-12-23(25)27)9-11-22(26)16-19-6-4-7-20(15-19)17-30-2/h4,6-7,9,11,15,18,21-22,26H,3,5,8,10,12-14,16-17H2,1-2H3,(H,28,29)/t18-,21+,22-/m1/s1. The number of aliphatic hydroxyl groups is 1. The second-order valence-corrected chi connectivity index (χ2v) is 8.28. The minimum Gasteiger partial charge on any atom is -0.481 e. The van der Waals surface area contributed by atoms with Gasteiger partial charge >= 0.3 is 5.97 Å². The molecule has 0 unspecified atom stereocenters. The van der Waals surface area contributed by atoms with Gasteiger partial charge in [-0.25, -0.2) is 0 Å². The summed E-state index contributed by atoms with van der Waals surface area (Å²) in [7, 11) is 1.66. The van der Waals surface area contributed by atoms with Crippen molar-refractivity contribution in [2.45, 2.75) is 70.6 Å². The highest BCUT2D eigenvalue weighted by Gasteiger charge is 2.29. The third-order valence-electron chi connectivity index (χ3n) is 5.63. The van der Waals surface area contributed by atoms with Crippen molar-refractivity contribution < 1.29 is 24.5 Å². The predicted molar refractivity (Wildman–Crippen MR) is 116 cm³/mol. The van der Waals surface area contributed by atoms with Gasteiger partial charge in [0.2, 0.25) is 5.91 Å². The smallest absolute Gasteiger partial charge is 0.303 e. The SMILES string of the molecule is COCc1cccc(C[C@H](O)C=C[C@H]2CCC(=O)N2CC[C@H](C)CCCC(=O)O)c1. The van der Waals surface area contributed by atoms with Crippen molar-refractivity contribution >= 4 is 11.9 Å². The van der Waals surface area contributed by atoms with E-state index in [1.807, 2.05) is 35.2 Å². The van der Waals surface area contributed by atoms with Crippen LogP contribution >= 0.6 is 0 Å². The number of rotatable bonds is 13. The minimum atomic E-state index is -0.758. The molecule has 6 heteroatoms. The maximum absolute atomic E-state index is 12.3. The summed E-state index contributed by atoms with van der Waals surface area (Å²) < 4.78 is 5.16.